The van der Waals surface area contributed by atoms with Gasteiger partial charge in [0.2, 0.25) is 11.6 Å². The lowest BCUT2D eigenvalue weighted by Gasteiger charge is -2.06. The van der Waals surface area contributed by atoms with Gasteiger partial charge in [0.05, 0.1) is 0 Å². The van der Waals surface area contributed by atoms with Gasteiger partial charge in [0, 0.05) is 26.9 Å². The molecule has 8 nitrogen and oxygen atoms in total. The summed E-state index contributed by atoms with van der Waals surface area (Å²) >= 11 is 0. The van der Waals surface area contributed by atoms with E-state index in [-0.39, 0.29) is 12.2 Å². The van der Waals surface area contributed by atoms with Crippen LogP contribution in [0.3, 0.4) is 0 Å². The maximum Gasteiger partial charge on any atom is 0.406 e. The third kappa shape index (κ3) is 4.52. The molecule has 0 aromatic carbocycles. The molecule has 0 atom stereocenters. The van der Waals surface area contributed by atoms with Gasteiger partial charge in [0.1, 0.15) is 0 Å². The Hall–Kier alpha value is -2.12. The number of unbranched alkanes of at least 4 members (excludes halogenated alkanes) is 3. The molecule has 0 aliphatic heterocycles. The van der Waals surface area contributed by atoms with Gasteiger partial charge in [0.25, 0.3) is 0 Å². The standard InChI is InChI=1S/C12H20N4O4/c1-9-14-12(16(19)20)11(15(9)2)13-8-6-4-3-5-7-10(17)18/h13H,3-8H2,1-2H3,(H,17,18). The highest BCUT2D eigenvalue weighted by Gasteiger charge is 2.22. The lowest BCUT2D eigenvalue weighted by atomic mass is 10.1. The Balaban J connectivity index is 2.35. The number of aromatic nitrogens is 2. The fraction of sp³-hybridized carbons (Fsp3) is 0.667. The molecule has 20 heavy (non-hydrogen) atoms. The number of carboxylic acid groups (broad SMARTS) is 1. The van der Waals surface area contributed by atoms with Crippen molar-refractivity contribution in [2.24, 2.45) is 7.05 Å². The van der Waals surface area contributed by atoms with E-state index in [1.807, 2.05) is 0 Å². The van der Waals surface area contributed by atoms with E-state index in [1.165, 1.54) is 0 Å². The Labute approximate surface area is 117 Å². The first-order chi connectivity index (χ1) is 9.43. The summed E-state index contributed by atoms with van der Waals surface area (Å²) < 4.78 is 1.66. The molecule has 0 bridgehead atoms. The number of hydrogen-bond acceptors (Lipinski definition) is 5. The average Bonchev–Trinajstić information content (AvgIpc) is 2.65. The molecule has 8 heteroatoms. The Morgan fingerprint density at radius 3 is 2.65 bits per heavy atom. The summed E-state index contributed by atoms with van der Waals surface area (Å²) in [5, 5.41) is 22.4. The predicted molar refractivity (Wildman–Crippen MR) is 73.8 cm³/mol. The largest absolute Gasteiger partial charge is 0.481 e. The minimum absolute atomic E-state index is 0.157. The zero-order valence-electron chi connectivity index (χ0n) is 11.8. The van der Waals surface area contributed by atoms with Crippen molar-refractivity contribution in [3.05, 3.63) is 15.9 Å². The number of aryl methyl sites for hydroxylation is 1. The Morgan fingerprint density at radius 1 is 1.40 bits per heavy atom. The van der Waals surface area contributed by atoms with E-state index in [4.69, 9.17) is 5.11 Å². The Morgan fingerprint density at radius 2 is 2.05 bits per heavy atom. The molecule has 0 saturated carbocycles. The van der Waals surface area contributed by atoms with Crippen molar-refractivity contribution in [2.75, 3.05) is 11.9 Å². The Kier molecular flexibility index (Phi) is 5.95. The zero-order chi connectivity index (χ0) is 15.1. The summed E-state index contributed by atoms with van der Waals surface area (Å²) in [6, 6.07) is 0. The van der Waals surface area contributed by atoms with Crippen LogP contribution in [0.2, 0.25) is 0 Å². The van der Waals surface area contributed by atoms with Crippen LogP contribution in [0.25, 0.3) is 0 Å². The van der Waals surface area contributed by atoms with Gasteiger partial charge >= 0.3 is 11.8 Å². The van der Waals surface area contributed by atoms with Crippen LogP contribution >= 0.6 is 0 Å². The number of nitrogens with one attached hydrogen (secondary N) is 1. The summed E-state index contributed by atoms with van der Waals surface area (Å²) in [6.45, 7) is 2.32. The van der Waals surface area contributed by atoms with Gasteiger partial charge in [-0.2, -0.15) is 0 Å². The fourth-order valence-corrected chi connectivity index (χ4v) is 1.88. The van der Waals surface area contributed by atoms with Gasteiger partial charge in [-0.1, -0.05) is 12.8 Å². The maximum atomic E-state index is 10.9. The van der Waals surface area contributed by atoms with E-state index >= 15 is 0 Å². The van der Waals surface area contributed by atoms with Crippen molar-refractivity contribution in [1.29, 1.82) is 0 Å². The molecule has 0 spiro atoms. The third-order valence-electron chi connectivity index (χ3n) is 3.08. The monoisotopic (exact) mass is 284 g/mol. The van der Waals surface area contributed by atoms with Gasteiger partial charge < -0.3 is 20.5 Å². The normalized spacial score (nSPS) is 10.5. The molecule has 112 valence electrons. The summed E-state index contributed by atoms with van der Waals surface area (Å²) in [4.78, 5) is 24.6. The second kappa shape index (κ2) is 7.46. The number of rotatable bonds is 9. The van der Waals surface area contributed by atoms with E-state index in [2.05, 4.69) is 10.3 Å². The molecule has 1 aromatic heterocycles. The molecule has 2 N–H and O–H groups in total. The van der Waals surface area contributed by atoms with Gasteiger partial charge in [-0.15, -0.1) is 0 Å². The first-order valence-electron chi connectivity index (χ1n) is 6.57. The Bertz CT molecular complexity index is 484. The van der Waals surface area contributed by atoms with Crippen LogP contribution in [0.15, 0.2) is 0 Å². The summed E-state index contributed by atoms with van der Waals surface area (Å²) in [5.74, 6) is 0.0682. The van der Waals surface area contributed by atoms with E-state index in [0.29, 0.717) is 24.6 Å². The van der Waals surface area contributed by atoms with Crippen molar-refractivity contribution < 1.29 is 14.8 Å². The predicted octanol–water partition coefficient (Wildman–Crippen LogP) is 2.08. The molecule has 1 heterocycles. The highest BCUT2D eigenvalue weighted by molar-refractivity contribution is 5.66. The van der Waals surface area contributed by atoms with Gasteiger partial charge in [0.15, 0.2) is 0 Å². The number of nitrogens with zero attached hydrogens (tertiary/aromatic N) is 3. The van der Waals surface area contributed by atoms with Gasteiger partial charge in [-0.3, -0.25) is 9.36 Å². The molecule has 0 aliphatic carbocycles. The first kappa shape index (κ1) is 15.9. The highest BCUT2D eigenvalue weighted by Crippen LogP contribution is 2.23. The third-order valence-corrected chi connectivity index (χ3v) is 3.08. The highest BCUT2D eigenvalue weighted by atomic mass is 16.6. The molecular formula is C12H20N4O4. The van der Waals surface area contributed by atoms with Crippen LogP contribution in [0.5, 0.6) is 0 Å². The van der Waals surface area contributed by atoms with Crippen molar-refractivity contribution in [2.45, 2.75) is 39.0 Å². The molecule has 0 aliphatic rings. The number of hydrogen-bond donors (Lipinski definition) is 2. The van der Waals surface area contributed by atoms with Crippen LogP contribution in [0, 0.1) is 17.0 Å². The molecule has 0 unspecified atom stereocenters. The lowest BCUT2D eigenvalue weighted by molar-refractivity contribution is -0.388. The number of carboxylic acids is 1. The number of aliphatic carboxylic acids is 1. The van der Waals surface area contributed by atoms with Crippen molar-refractivity contribution in [3.63, 3.8) is 0 Å². The SMILES string of the molecule is Cc1nc([N+](=O)[O-])c(NCCCCCCC(=O)O)n1C. The van der Waals surface area contributed by atoms with Crippen LogP contribution in [-0.4, -0.2) is 32.1 Å². The second-order valence-electron chi connectivity index (χ2n) is 4.63. The summed E-state index contributed by atoms with van der Waals surface area (Å²) in [5.41, 5.74) is 0. The smallest absolute Gasteiger partial charge is 0.406 e. The van der Waals surface area contributed by atoms with Crippen molar-refractivity contribution in [1.82, 2.24) is 9.55 Å². The fourth-order valence-electron chi connectivity index (χ4n) is 1.88. The zero-order valence-corrected chi connectivity index (χ0v) is 11.8. The van der Waals surface area contributed by atoms with Crippen LogP contribution in [0.1, 0.15) is 37.9 Å². The van der Waals surface area contributed by atoms with Crippen LogP contribution in [-0.2, 0) is 11.8 Å². The van der Waals surface area contributed by atoms with E-state index in [0.717, 1.165) is 19.3 Å². The van der Waals surface area contributed by atoms with E-state index in [1.54, 1.807) is 18.5 Å². The minimum Gasteiger partial charge on any atom is -0.481 e. The second-order valence-corrected chi connectivity index (χ2v) is 4.63. The number of imidazole rings is 1. The summed E-state index contributed by atoms with van der Waals surface area (Å²) in [6.07, 6.45) is 3.44. The summed E-state index contributed by atoms with van der Waals surface area (Å²) in [7, 11) is 1.73. The van der Waals surface area contributed by atoms with Crippen LogP contribution < -0.4 is 5.32 Å². The average molecular weight is 284 g/mol. The van der Waals surface area contributed by atoms with Crippen molar-refractivity contribution >= 4 is 17.6 Å². The van der Waals surface area contributed by atoms with E-state index in [9.17, 15) is 14.9 Å². The topological polar surface area (TPSA) is 110 Å². The van der Waals surface area contributed by atoms with Gasteiger partial charge in [-0.25, -0.2) is 0 Å². The number of nitro groups is 1. The molecule has 1 rings (SSSR count). The number of anilines is 1. The molecular weight excluding hydrogens is 264 g/mol. The van der Waals surface area contributed by atoms with Gasteiger partial charge in [-0.05, 0) is 22.7 Å². The lowest BCUT2D eigenvalue weighted by Crippen LogP contribution is -2.08. The maximum absolute atomic E-state index is 10.9. The molecule has 0 saturated heterocycles. The van der Waals surface area contributed by atoms with E-state index < -0.39 is 10.9 Å². The minimum atomic E-state index is -0.774. The quantitative estimate of drug-likeness (QED) is 0.408. The van der Waals surface area contributed by atoms with Crippen LogP contribution in [0.4, 0.5) is 11.6 Å². The first-order valence-corrected chi connectivity index (χ1v) is 6.57. The van der Waals surface area contributed by atoms with Crippen molar-refractivity contribution in [3.8, 4) is 0 Å². The molecule has 0 radical (unpaired) electrons. The molecule has 1 aromatic rings. The molecule has 0 amide bonds. The molecule has 0 fully saturated rings. The number of carbonyl (C=O) groups is 1.